The van der Waals surface area contributed by atoms with Gasteiger partial charge in [0, 0.05) is 48.2 Å². The van der Waals surface area contributed by atoms with Crippen molar-refractivity contribution in [1.29, 1.82) is 0 Å². The third-order valence-electron chi connectivity index (χ3n) is 6.78. The number of hydrogen-bond acceptors (Lipinski definition) is 5. The normalized spacial score (nSPS) is 21.1. The van der Waals surface area contributed by atoms with Gasteiger partial charge in [0.25, 0.3) is 5.56 Å². The molecule has 0 saturated carbocycles. The summed E-state index contributed by atoms with van der Waals surface area (Å²) in [6.45, 7) is 4.04. The number of carbonyl (C=O) groups is 2. The van der Waals surface area contributed by atoms with Gasteiger partial charge in [0.2, 0.25) is 5.91 Å². The first kappa shape index (κ1) is 20.5. The number of benzene rings is 1. The molecule has 0 radical (unpaired) electrons. The van der Waals surface area contributed by atoms with Gasteiger partial charge in [-0.25, -0.2) is 4.79 Å². The summed E-state index contributed by atoms with van der Waals surface area (Å²) in [6.07, 6.45) is 1.03. The number of anilines is 1. The first-order valence-corrected chi connectivity index (χ1v) is 10.9. The zero-order valence-corrected chi connectivity index (χ0v) is 18.1. The van der Waals surface area contributed by atoms with E-state index in [4.69, 9.17) is 4.74 Å². The van der Waals surface area contributed by atoms with Crippen LogP contribution in [-0.2, 0) is 16.1 Å². The molecule has 0 spiro atoms. The van der Waals surface area contributed by atoms with E-state index in [-0.39, 0.29) is 29.1 Å². The van der Waals surface area contributed by atoms with Crippen LogP contribution in [0, 0.1) is 5.92 Å². The van der Waals surface area contributed by atoms with Gasteiger partial charge in [-0.1, -0.05) is 24.3 Å². The number of H-pyrrole nitrogens is 1. The van der Waals surface area contributed by atoms with Crippen molar-refractivity contribution in [2.45, 2.75) is 31.8 Å². The van der Waals surface area contributed by atoms with Gasteiger partial charge in [-0.3, -0.25) is 14.5 Å². The van der Waals surface area contributed by atoms with Gasteiger partial charge in [-0.15, -0.1) is 0 Å². The van der Waals surface area contributed by atoms with Crippen LogP contribution >= 0.6 is 0 Å². The number of nitrogens with one attached hydrogen (secondary N) is 2. The summed E-state index contributed by atoms with van der Waals surface area (Å²) in [5, 5.41) is 3.73. The van der Waals surface area contributed by atoms with Crippen LogP contribution in [0.15, 0.2) is 47.3 Å². The van der Waals surface area contributed by atoms with E-state index in [9.17, 15) is 14.4 Å². The van der Waals surface area contributed by atoms with Crippen molar-refractivity contribution in [3.63, 3.8) is 0 Å². The number of likely N-dealkylation sites (tertiary alicyclic amines) is 1. The minimum absolute atomic E-state index is 0.0473. The standard InChI is InChI=1S/C24H26N4O4/c1-14(27-11-15-10-16(13-27)19-8-5-9-20(29)28(19)12-15)23(30)26-21-17-6-3-4-7-18(17)25-22(21)24(31)32-2/h3-9,14-16,25H,10-13H2,1-2H3,(H,26,30)/t14-,15-,16+/m0/s1. The average Bonchev–Trinajstić information content (AvgIpc) is 3.17. The van der Waals surface area contributed by atoms with Crippen LogP contribution < -0.4 is 10.9 Å². The van der Waals surface area contributed by atoms with Crippen LogP contribution in [0.2, 0.25) is 0 Å². The second kappa shape index (κ2) is 7.94. The molecule has 32 heavy (non-hydrogen) atoms. The van der Waals surface area contributed by atoms with Gasteiger partial charge in [-0.05, 0) is 31.4 Å². The number of esters is 1. The summed E-state index contributed by atoms with van der Waals surface area (Å²) in [4.78, 5) is 43.0. The van der Waals surface area contributed by atoms with Crippen molar-refractivity contribution in [2.24, 2.45) is 5.92 Å². The maximum Gasteiger partial charge on any atom is 0.356 e. The summed E-state index contributed by atoms with van der Waals surface area (Å²) < 4.78 is 6.78. The Morgan fingerprint density at radius 3 is 2.75 bits per heavy atom. The lowest BCUT2D eigenvalue weighted by Gasteiger charge is -2.44. The fraction of sp³-hybridized carbons (Fsp3) is 0.375. The number of carbonyl (C=O) groups excluding carboxylic acids is 2. The number of ether oxygens (including phenoxy) is 1. The molecule has 2 aliphatic heterocycles. The van der Waals surface area contributed by atoms with Gasteiger partial charge in [0.15, 0.2) is 0 Å². The van der Waals surface area contributed by atoms with E-state index in [2.05, 4.69) is 15.2 Å². The molecule has 3 atom stereocenters. The Bertz CT molecular complexity index is 1260. The highest BCUT2D eigenvalue weighted by Gasteiger charge is 2.37. The maximum absolute atomic E-state index is 13.3. The molecule has 8 nitrogen and oxygen atoms in total. The number of aromatic nitrogens is 2. The highest BCUT2D eigenvalue weighted by atomic mass is 16.5. The molecule has 1 saturated heterocycles. The van der Waals surface area contributed by atoms with Crippen LogP contribution in [0.3, 0.4) is 0 Å². The molecule has 166 valence electrons. The SMILES string of the molecule is COC(=O)c1[nH]c2ccccc2c1NC(=O)[C@H](C)N1C[C@@H]2C[C@H](C1)c1cccc(=O)n1C2. The largest absolute Gasteiger partial charge is 0.464 e. The van der Waals surface area contributed by atoms with Crippen molar-refractivity contribution in [2.75, 3.05) is 25.5 Å². The molecule has 1 amide bonds. The molecular weight excluding hydrogens is 408 g/mol. The third-order valence-corrected chi connectivity index (χ3v) is 6.78. The molecule has 3 aromatic rings. The Morgan fingerprint density at radius 2 is 1.94 bits per heavy atom. The molecule has 1 aromatic carbocycles. The fourth-order valence-corrected chi connectivity index (χ4v) is 5.17. The smallest absolute Gasteiger partial charge is 0.356 e. The lowest BCUT2D eigenvalue weighted by Crippen LogP contribution is -2.52. The topological polar surface area (TPSA) is 96.4 Å². The summed E-state index contributed by atoms with van der Waals surface area (Å²) in [5.74, 6) is -0.148. The zero-order valence-electron chi connectivity index (χ0n) is 18.1. The molecule has 0 unspecified atom stereocenters. The Kier molecular flexibility index (Phi) is 5.09. The molecule has 2 aromatic heterocycles. The van der Waals surface area contributed by atoms with E-state index in [0.717, 1.165) is 29.6 Å². The maximum atomic E-state index is 13.3. The molecule has 2 aliphatic rings. The number of rotatable bonds is 4. The molecule has 1 fully saturated rings. The summed E-state index contributed by atoms with van der Waals surface area (Å²) in [7, 11) is 1.32. The van der Waals surface area contributed by atoms with E-state index < -0.39 is 5.97 Å². The lowest BCUT2D eigenvalue weighted by molar-refractivity contribution is -0.121. The number of nitrogens with zero attached hydrogens (tertiary/aromatic N) is 2. The lowest BCUT2D eigenvalue weighted by atomic mass is 9.82. The Hall–Kier alpha value is -3.39. The summed E-state index contributed by atoms with van der Waals surface area (Å²) in [6, 6.07) is 12.5. The number of aromatic amines is 1. The molecule has 2 bridgehead atoms. The van der Waals surface area contributed by atoms with Crippen molar-refractivity contribution in [3.05, 3.63) is 64.2 Å². The minimum Gasteiger partial charge on any atom is -0.464 e. The number of amides is 1. The highest BCUT2D eigenvalue weighted by Crippen LogP contribution is 2.36. The van der Waals surface area contributed by atoms with E-state index >= 15 is 0 Å². The number of hydrogen-bond donors (Lipinski definition) is 2. The third kappa shape index (κ3) is 3.40. The summed E-state index contributed by atoms with van der Waals surface area (Å²) >= 11 is 0. The monoisotopic (exact) mass is 434 g/mol. The Morgan fingerprint density at radius 1 is 1.12 bits per heavy atom. The van der Waals surface area contributed by atoms with Crippen LogP contribution in [0.1, 0.15) is 35.4 Å². The van der Waals surface area contributed by atoms with E-state index in [0.29, 0.717) is 24.7 Å². The minimum atomic E-state index is -0.529. The fourth-order valence-electron chi connectivity index (χ4n) is 5.17. The van der Waals surface area contributed by atoms with Crippen LogP contribution in [0.4, 0.5) is 5.69 Å². The molecule has 8 heteroatoms. The van der Waals surface area contributed by atoms with E-state index in [1.54, 1.807) is 6.07 Å². The first-order chi connectivity index (χ1) is 15.5. The number of fused-ring (bicyclic) bond motifs is 5. The average molecular weight is 434 g/mol. The number of para-hydroxylation sites is 1. The van der Waals surface area contributed by atoms with Gasteiger partial charge in [0.05, 0.1) is 18.8 Å². The Balaban J connectivity index is 1.39. The van der Waals surface area contributed by atoms with Gasteiger partial charge in [0.1, 0.15) is 5.69 Å². The molecular formula is C24H26N4O4. The predicted molar refractivity (Wildman–Crippen MR) is 121 cm³/mol. The second-order valence-corrected chi connectivity index (χ2v) is 8.73. The predicted octanol–water partition coefficient (Wildman–Crippen LogP) is 2.56. The molecule has 0 aliphatic carbocycles. The highest BCUT2D eigenvalue weighted by molar-refractivity contribution is 6.11. The first-order valence-electron chi connectivity index (χ1n) is 10.9. The van der Waals surface area contributed by atoms with Crippen molar-refractivity contribution in [3.8, 4) is 0 Å². The van der Waals surface area contributed by atoms with E-state index in [1.165, 1.54) is 7.11 Å². The number of pyridine rings is 1. The van der Waals surface area contributed by atoms with Gasteiger partial charge >= 0.3 is 5.97 Å². The molecule has 2 N–H and O–H groups in total. The molecule has 4 heterocycles. The number of piperidine rings is 1. The van der Waals surface area contributed by atoms with E-state index in [1.807, 2.05) is 47.9 Å². The zero-order chi connectivity index (χ0) is 22.4. The quantitative estimate of drug-likeness (QED) is 0.616. The molecule has 5 rings (SSSR count). The van der Waals surface area contributed by atoms with Crippen molar-refractivity contribution >= 4 is 28.5 Å². The van der Waals surface area contributed by atoms with Crippen molar-refractivity contribution < 1.29 is 14.3 Å². The van der Waals surface area contributed by atoms with Crippen LogP contribution in [0.5, 0.6) is 0 Å². The van der Waals surface area contributed by atoms with Gasteiger partial charge in [-0.2, -0.15) is 0 Å². The van der Waals surface area contributed by atoms with Gasteiger partial charge < -0.3 is 19.6 Å². The second-order valence-electron chi connectivity index (χ2n) is 8.73. The Labute approximate surface area is 185 Å². The van der Waals surface area contributed by atoms with Crippen molar-refractivity contribution in [1.82, 2.24) is 14.5 Å². The van der Waals surface area contributed by atoms with Crippen LogP contribution in [0.25, 0.3) is 10.9 Å². The van der Waals surface area contributed by atoms with Crippen LogP contribution in [-0.4, -0.2) is 52.6 Å². The summed E-state index contributed by atoms with van der Waals surface area (Å²) in [5.41, 5.74) is 2.53. The number of methoxy groups -OCH3 is 1.